The maximum Gasteiger partial charge on any atom is 0.417 e. The van der Waals surface area contributed by atoms with E-state index in [2.05, 4.69) is 20.6 Å². The van der Waals surface area contributed by atoms with Crippen LogP contribution in [-0.2, 0) is 6.18 Å². The molecule has 1 amide bonds. The zero-order valence-corrected chi connectivity index (χ0v) is 12.9. The molecule has 9 heteroatoms. The van der Waals surface area contributed by atoms with E-state index < -0.39 is 11.7 Å². The van der Waals surface area contributed by atoms with Crippen LogP contribution in [0.15, 0.2) is 30.6 Å². The first-order valence-corrected chi connectivity index (χ1v) is 7.47. The molecule has 0 bridgehead atoms. The first kappa shape index (κ1) is 16.5. The molecule has 1 saturated carbocycles. The maximum atomic E-state index is 12.9. The third kappa shape index (κ3) is 3.94. The molecule has 0 saturated heterocycles. The monoisotopic (exact) mass is 356 g/mol. The number of benzene rings is 1. The summed E-state index contributed by atoms with van der Waals surface area (Å²) in [6.45, 7) is 0. The van der Waals surface area contributed by atoms with E-state index in [-0.39, 0.29) is 34.2 Å². The number of hydrogen-bond donors (Lipinski definition) is 2. The number of nitrogens with one attached hydrogen (secondary N) is 2. The van der Waals surface area contributed by atoms with Crippen LogP contribution in [0.3, 0.4) is 0 Å². The summed E-state index contributed by atoms with van der Waals surface area (Å²) < 4.78 is 38.6. The number of rotatable bonds is 4. The second kappa shape index (κ2) is 6.27. The minimum Gasteiger partial charge on any atom is -0.348 e. The number of anilines is 2. The Morgan fingerprint density at radius 2 is 1.96 bits per heavy atom. The molecule has 2 N–H and O–H groups in total. The van der Waals surface area contributed by atoms with E-state index in [4.69, 9.17) is 11.6 Å². The minimum absolute atomic E-state index is 0.143. The third-order valence-corrected chi connectivity index (χ3v) is 3.69. The lowest BCUT2D eigenvalue weighted by Crippen LogP contribution is -2.26. The predicted octanol–water partition coefficient (Wildman–Crippen LogP) is 3.78. The molecule has 1 aliphatic carbocycles. The van der Waals surface area contributed by atoms with E-state index in [0.29, 0.717) is 0 Å². The second-order valence-corrected chi connectivity index (χ2v) is 5.76. The SMILES string of the molecule is O=C(NC1CC1)c1cc(Nc2ccc(Cl)c(C(F)(F)F)c2)ncn1. The topological polar surface area (TPSA) is 66.9 Å². The van der Waals surface area contributed by atoms with Crippen LogP contribution in [0.1, 0.15) is 28.9 Å². The number of halogens is 4. The summed E-state index contributed by atoms with van der Waals surface area (Å²) in [6, 6.07) is 4.97. The zero-order chi connectivity index (χ0) is 17.3. The lowest BCUT2D eigenvalue weighted by Gasteiger charge is -2.12. The van der Waals surface area contributed by atoms with Gasteiger partial charge in [0.2, 0.25) is 0 Å². The van der Waals surface area contributed by atoms with Crippen molar-refractivity contribution in [2.45, 2.75) is 25.1 Å². The molecule has 0 aliphatic heterocycles. The van der Waals surface area contributed by atoms with E-state index in [0.717, 1.165) is 25.0 Å². The van der Waals surface area contributed by atoms with E-state index in [9.17, 15) is 18.0 Å². The van der Waals surface area contributed by atoms with Crippen LogP contribution in [0.2, 0.25) is 5.02 Å². The molecule has 1 aliphatic rings. The van der Waals surface area contributed by atoms with Crippen molar-refractivity contribution < 1.29 is 18.0 Å². The third-order valence-electron chi connectivity index (χ3n) is 3.36. The van der Waals surface area contributed by atoms with Gasteiger partial charge in [-0.1, -0.05) is 11.6 Å². The molecule has 2 aromatic rings. The average molecular weight is 357 g/mol. The van der Waals surface area contributed by atoms with Gasteiger partial charge in [-0.25, -0.2) is 9.97 Å². The molecular formula is C15H12ClF3N4O. The van der Waals surface area contributed by atoms with Crippen molar-refractivity contribution >= 4 is 29.0 Å². The highest BCUT2D eigenvalue weighted by Crippen LogP contribution is 2.36. The fourth-order valence-corrected chi connectivity index (χ4v) is 2.23. The summed E-state index contributed by atoms with van der Waals surface area (Å²) in [5, 5.41) is 5.10. The van der Waals surface area contributed by atoms with E-state index >= 15 is 0 Å². The number of nitrogens with zero attached hydrogens (tertiary/aromatic N) is 2. The first-order valence-electron chi connectivity index (χ1n) is 7.09. The molecular weight excluding hydrogens is 345 g/mol. The number of alkyl halides is 3. The van der Waals surface area contributed by atoms with Crippen LogP contribution < -0.4 is 10.6 Å². The Balaban J connectivity index is 1.79. The lowest BCUT2D eigenvalue weighted by molar-refractivity contribution is -0.137. The Morgan fingerprint density at radius 3 is 2.62 bits per heavy atom. The highest BCUT2D eigenvalue weighted by atomic mass is 35.5. The van der Waals surface area contributed by atoms with Gasteiger partial charge in [0, 0.05) is 17.8 Å². The molecule has 1 fully saturated rings. The Morgan fingerprint density at radius 1 is 1.21 bits per heavy atom. The van der Waals surface area contributed by atoms with Crippen molar-refractivity contribution in [1.82, 2.24) is 15.3 Å². The fourth-order valence-electron chi connectivity index (χ4n) is 2.00. The van der Waals surface area contributed by atoms with Crippen molar-refractivity contribution in [3.63, 3.8) is 0 Å². The van der Waals surface area contributed by atoms with Gasteiger partial charge in [0.15, 0.2) is 0 Å². The van der Waals surface area contributed by atoms with Gasteiger partial charge in [-0.15, -0.1) is 0 Å². The maximum absolute atomic E-state index is 12.9. The number of aromatic nitrogens is 2. The Hall–Kier alpha value is -2.35. The molecule has 1 aromatic heterocycles. The van der Waals surface area contributed by atoms with Crippen LogP contribution in [0.5, 0.6) is 0 Å². The summed E-state index contributed by atoms with van der Waals surface area (Å²) in [5.74, 6) is -0.128. The second-order valence-electron chi connectivity index (χ2n) is 5.35. The van der Waals surface area contributed by atoms with Gasteiger partial charge >= 0.3 is 6.18 Å². The minimum atomic E-state index is -4.56. The summed E-state index contributed by atoms with van der Waals surface area (Å²) in [7, 11) is 0. The van der Waals surface area contributed by atoms with E-state index in [1.165, 1.54) is 18.5 Å². The molecule has 1 heterocycles. The normalized spacial score (nSPS) is 14.3. The van der Waals surface area contributed by atoms with Gasteiger partial charge in [0.1, 0.15) is 17.8 Å². The summed E-state index contributed by atoms with van der Waals surface area (Å²) >= 11 is 5.58. The number of amides is 1. The highest BCUT2D eigenvalue weighted by molar-refractivity contribution is 6.31. The molecule has 0 unspecified atom stereocenters. The number of carbonyl (C=O) groups is 1. The molecule has 126 valence electrons. The lowest BCUT2D eigenvalue weighted by atomic mass is 10.2. The summed E-state index contributed by atoms with van der Waals surface area (Å²) in [6.07, 6.45) is -1.51. The van der Waals surface area contributed by atoms with Gasteiger partial charge in [0.25, 0.3) is 5.91 Å². The van der Waals surface area contributed by atoms with Crippen molar-refractivity contribution in [1.29, 1.82) is 0 Å². The van der Waals surface area contributed by atoms with Crippen molar-refractivity contribution in [2.24, 2.45) is 0 Å². The fraction of sp³-hybridized carbons (Fsp3) is 0.267. The van der Waals surface area contributed by atoms with Crippen molar-refractivity contribution in [3.8, 4) is 0 Å². The van der Waals surface area contributed by atoms with Crippen LogP contribution >= 0.6 is 11.6 Å². The van der Waals surface area contributed by atoms with Crippen LogP contribution in [0.25, 0.3) is 0 Å². The standard InChI is InChI=1S/C15H12ClF3N4O/c16-11-4-3-9(5-10(11)15(17,18)19)22-13-6-12(20-7-21-13)14(24)23-8-1-2-8/h3-8H,1-2H2,(H,23,24)(H,20,21,22). The van der Waals surface area contributed by atoms with E-state index in [1.807, 2.05) is 0 Å². The largest absolute Gasteiger partial charge is 0.417 e. The van der Waals surface area contributed by atoms with Crippen LogP contribution in [0.4, 0.5) is 24.7 Å². The summed E-state index contributed by atoms with van der Waals surface area (Å²) in [4.78, 5) is 19.7. The molecule has 1 aromatic carbocycles. The van der Waals surface area contributed by atoms with Crippen LogP contribution in [-0.4, -0.2) is 21.9 Å². The smallest absolute Gasteiger partial charge is 0.348 e. The van der Waals surface area contributed by atoms with Crippen LogP contribution in [0, 0.1) is 0 Å². The van der Waals surface area contributed by atoms with Gasteiger partial charge in [0.05, 0.1) is 10.6 Å². The molecule has 0 spiro atoms. The highest BCUT2D eigenvalue weighted by Gasteiger charge is 2.33. The Bertz CT molecular complexity index is 778. The Kier molecular flexibility index (Phi) is 4.31. The predicted molar refractivity (Wildman–Crippen MR) is 82.3 cm³/mol. The zero-order valence-electron chi connectivity index (χ0n) is 12.2. The molecule has 3 rings (SSSR count). The summed E-state index contributed by atoms with van der Waals surface area (Å²) in [5.41, 5.74) is -0.654. The van der Waals surface area contributed by atoms with Gasteiger partial charge < -0.3 is 10.6 Å². The van der Waals surface area contributed by atoms with Gasteiger partial charge in [-0.2, -0.15) is 13.2 Å². The molecule has 0 atom stereocenters. The van der Waals surface area contributed by atoms with Gasteiger partial charge in [-0.3, -0.25) is 4.79 Å². The number of carbonyl (C=O) groups excluding carboxylic acids is 1. The molecule has 24 heavy (non-hydrogen) atoms. The average Bonchev–Trinajstić information content (AvgIpc) is 3.32. The Labute approximate surface area is 140 Å². The van der Waals surface area contributed by atoms with Gasteiger partial charge in [-0.05, 0) is 31.0 Å². The number of hydrogen-bond acceptors (Lipinski definition) is 4. The van der Waals surface area contributed by atoms with Crippen molar-refractivity contribution in [2.75, 3.05) is 5.32 Å². The van der Waals surface area contributed by atoms with E-state index in [1.54, 1.807) is 0 Å². The quantitative estimate of drug-likeness (QED) is 0.874. The first-order chi connectivity index (χ1) is 11.3. The molecule has 5 nitrogen and oxygen atoms in total. The molecule has 0 radical (unpaired) electrons. The van der Waals surface area contributed by atoms with Crippen molar-refractivity contribution in [3.05, 3.63) is 46.9 Å².